The van der Waals surface area contributed by atoms with Gasteiger partial charge in [-0.15, -0.1) is 0 Å². The highest BCUT2D eigenvalue weighted by molar-refractivity contribution is 4.73. The summed E-state index contributed by atoms with van der Waals surface area (Å²) >= 11 is 0. The Hall–Kier alpha value is 0. The molecule has 0 aliphatic rings. The topological polar surface area (TPSA) is 0 Å². The lowest BCUT2D eigenvalue weighted by atomic mass is 9.76. The van der Waals surface area contributed by atoms with Crippen LogP contribution in [0.5, 0.6) is 0 Å². The molecule has 0 aromatic rings. The lowest BCUT2D eigenvalue weighted by molar-refractivity contribution is 0.206. The molecule has 0 bridgehead atoms. The first kappa shape index (κ1) is 23.0. The van der Waals surface area contributed by atoms with E-state index in [1.807, 2.05) is 0 Å². The molecule has 0 aromatic heterocycles. The maximum Gasteiger partial charge on any atom is -0.0391 e. The summed E-state index contributed by atoms with van der Waals surface area (Å²) in [5.74, 6) is 5.44. The van der Waals surface area contributed by atoms with E-state index in [2.05, 4.69) is 55.4 Å². The van der Waals surface area contributed by atoms with E-state index in [0.717, 1.165) is 35.5 Å². The predicted octanol–water partition coefficient (Wildman–Crippen LogP) is 8.35. The molecule has 0 aliphatic carbocycles. The normalized spacial score (nSPS) is 19.8. The van der Waals surface area contributed by atoms with Crippen molar-refractivity contribution in [1.82, 2.24) is 0 Å². The van der Waals surface area contributed by atoms with Gasteiger partial charge >= 0.3 is 0 Å². The first-order valence-electron chi connectivity index (χ1n) is 10.8. The Bertz CT molecular complexity index is 243. The molecule has 0 radical (unpaired) electrons. The molecule has 0 fully saturated rings. The van der Waals surface area contributed by atoms with E-state index in [1.54, 1.807) is 0 Å². The summed E-state index contributed by atoms with van der Waals surface area (Å²) in [5, 5.41) is 0. The first-order valence-corrected chi connectivity index (χ1v) is 10.8. The fourth-order valence-corrected chi connectivity index (χ4v) is 3.85. The van der Waals surface area contributed by atoms with Crippen LogP contribution in [0.3, 0.4) is 0 Å². The van der Waals surface area contributed by atoms with Crippen LogP contribution in [-0.4, -0.2) is 0 Å². The lowest BCUT2D eigenvalue weighted by Gasteiger charge is -2.30. The second-order valence-electron chi connectivity index (χ2n) is 8.89. The largest absolute Gasteiger partial charge is 0.0654 e. The molecular weight excluding hydrogens is 276 g/mol. The Morgan fingerprint density at radius 2 is 1.04 bits per heavy atom. The zero-order valence-electron chi connectivity index (χ0n) is 17.8. The van der Waals surface area contributed by atoms with Crippen LogP contribution in [0.2, 0.25) is 0 Å². The van der Waals surface area contributed by atoms with Crippen molar-refractivity contribution >= 4 is 0 Å². The minimum atomic E-state index is 0.879. The van der Waals surface area contributed by atoms with Crippen molar-refractivity contribution in [3.05, 3.63) is 0 Å². The minimum absolute atomic E-state index is 0.879. The minimum Gasteiger partial charge on any atom is -0.0654 e. The predicted molar refractivity (Wildman–Crippen MR) is 108 cm³/mol. The van der Waals surface area contributed by atoms with Gasteiger partial charge in [0.1, 0.15) is 0 Å². The van der Waals surface area contributed by atoms with Crippen molar-refractivity contribution in [2.45, 2.75) is 113 Å². The summed E-state index contributed by atoms with van der Waals surface area (Å²) in [7, 11) is 0. The third kappa shape index (κ3) is 10.5. The van der Waals surface area contributed by atoms with Crippen molar-refractivity contribution < 1.29 is 0 Å². The molecule has 0 nitrogen and oxygen atoms in total. The third-order valence-electron chi connectivity index (χ3n) is 6.77. The van der Waals surface area contributed by atoms with E-state index in [0.29, 0.717) is 0 Å². The molecule has 0 spiro atoms. The van der Waals surface area contributed by atoms with Crippen LogP contribution in [0.15, 0.2) is 0 Å². The van der Waals surface area contributed by atoms with Gasteiger partial charge < -0.3 is 0 Å². The van der Waals surface area contributed by atoms with Crippen LogP contribution in [0, 0.1) is 35.5 Å². The molecule has 0 rings (SSSR count). The van der Waals surface area contributed by atoms with E-state index in [-0.39, 0.29) is 0 Å². The van der Waals surface area contributed by atoms with E-state index in [9.17, 15) is 0 Å². The number of hydrogen-bond acceptors (Lipinski definition) is 0. The fourth-order valence-electron chi connectivity index (χ4n) is 3.85. The molecule has 0 heteroatoms. The maximum atomic E-state index is 2.52. The van der Waals surface area contributed by atoms with E-state index in [4.69, 9.17) is 0 Å². The van der Waals surface area contributed by atoms with Crippen LogP contribution in [0.4, 0.5) is 0 Å². The summed E-state index contributed by atoms with van der Waals surface area (Å²) in [6.07, 6.45) is 12.7. The Labute approximate surface area is 149 Å². The first-order chi connectivity index (χ1) is 10.8. The summed E-state index contributed by atoms with van der Waals surface area (Å²) < 4.78 is 0. The van der Waals surface area contributed by atoms with Gasteiger partial charge in [0.2, 0.25) is 0 Å². The summed E-state index contributed by atoms with van der Waals surface area (Å²) in [4.78, 5) is 0. The Balaban J connectivity index is 4.51. The lowest BCUT2D eigenvalue weighted by Crippen LogP contribution is -2.20. The molecule has 5 atom stereocenters. The molecular formula is C23H48. The van der Waals surface area contributed by atoms with Gasteiger partial charge in [0.05, 0.1) is 0 Å². The van der Waals surface area contributed by atoms with Gasteiger partial charge in [-0.05, 0) is 41.9 Å². The SMILES string of the molecule is CCCC(C)C(C)C(C)CC(CCC(C)CC)CCC(C)CC. The number of rotatable bonds is 14. The molecule has 23 heavy (non-hydrogen) atoms. The molecule has 0 aliphatic heterocycles. The van der Waals surface area contributed by atoms with Gasteiger partial charge in [0.15, 0.2) is 0 Å². The van der Waals surface area contributed by atoms with Gasteiger partial charge in [-0.1, -0.05) is 107 Å². The van der Waals surface area contributed by atoms with Gasteiger partial charge in [-0.3, -0.25) is 0 Å². The van der Waals surface area contributed by atoms with E-state index in [1.165, 1.54) is 57.8 Å². The van der Waals surface area contributed by atoms with Gasteiger partial charge in [0.25, 0.3) is 0 Å². The molecule has 0 N–H and O–H groups in total. The summed E-state index contributed by atoms with van der Waals surface area (Å²) in [6, 6.07) is 0. The fraction of sp³-hybridized carbons (Fsp3) is 1.00. The van der Waals surface area contributed by atoms with Gasteiger partial charge in [-0.25, -0.2) is 0 Å². The monoisotopic (exact) mass is 324 g/mol. The van der Waals surface area contributed by atoms with E-state index < -0.39 is 0 Å². The second-order valence-corrected chi connectivity index (χ2v) is 8.89. The smallest absolute Gasteiger partial charge is 0.0391 e. The van der Waals surface area contributed by atoms with Crippen LogP contribution in [-0.2, 0) is 0 Å². The molecule has 140 valence electrons. The third-order valence-corrected chi connectivity index (χ3v) is 6.77. The standard InChI is InChI=1S/C23H48/c1-9-12-20(6)22(8)21(7)17-23(15-13-18(4)10-2)16-14-19(5)11-3/h18-23H,9-17H2,1-8H3. The van der Waals surface area contributed by atoms with Gasteiger partial charge in [-0.2, -0.15) is 0 Å². The molecule has 0 heterocycles. The molecule has 0 aromatic carbocycles. The Morgan fingerprint density at radius 3 is 1.43 bits per heavy atom. The quantitative estimate of drug-likeness (QED) is 0.301. The zero-order valence-corrected chi connectivity index (χ0v) is 17.8. The molecule has 0 saturated carbocycles. The second kappa shape index (κ2) is 13.3. The average Bonchev–Trinajstić information content (AvgIpc) is 2.55. The molecule has 0 saturated heterocycles. The maximum absolute atomic E-state index is 2.52. The summed E-state index contributed by atoms with van der Waals surface area (Å²) in [6.45, 7) is 19.4. The highest BCUT2D eigenvalue weighted by Crippen LogP contribution is 2.33. The van der Waals surface area contributed by atoms with Crippen molar-refractivity contribution in [2.75, 3.05) is 0 Å². The summed E-state index contributed by atoms with van der Waals surface area (Å²) in [5.41, 5.74) is 0. The van der Waals surface area contributed by atoms with Crippen LogP contribution < -0.4 is 0 Å². The van der Waals surface area contributed by atoms with E-state index >= 15 is 0 Å². The Morgan fingerprint density at radius 1 is 0.565 bits per heavy atom. The number of hydrogen-bond donors (Lipinski definition) is 0. The van der Waals surface area contributed by atoms with Crippen LogP contribution >= 0.6 is 0 Å². The zero-order chi connectivity index (χ0) is 17.8. The Kier molecular flexibility index (Phi) is 13.3. The van der Waals surface area contributed by atoms with Crippen LogP contribution in [0.1, 0.15) is 113 Å². The van der Waals surface area contributed by atoms with Gasteiger partial charge in [0, 0.05) is 0 Å². The molecule has 0 amide bonds. The molecule has 5 unspecified atom stereocenters. The van der Waals surface area contributed by atoms with Crippen molar-refractivity contribution in [2.24, 2.45) is 35.5 Å². The highest BCUT2D eigenvalue weighted by atomic mass is 14.3. The van der Waals surface area contributed by atoms with Crippen molar-refractivity contribution in [1.29, 1.82) is 0 Å². The van der Waals surface area contributed by atoms with Crippen molar-refractivity contribution in [3.63, 3.8) is 0 Å². The van der Waals surface area contributed by atoms with Crippen molar-refractivity contribution in [3.8, 4) is 0 Å². The highest BCUT2D eigenvalue weighted by Gasteiger charge is 2.22. The average molecular weight is 325 g/mol. The van der Waals surface area contributed by atoms with Crippen LogP contribution in [0.25, 0.3) is 0 Å².